The Morgan fingerprint density at radius 3 is 2.37 bits per heavy atom. The van der Waals surface area contributed by atoms with Crippen molar-refractivity contribution in [1.29, 1.82) is 0 Å². The van der Waals surface area contributed by atoms with Crippen LogP contribution in [0.15, 0.2) is 0 Å². The Morgan fingerprint density at radius 2 is 1.78 bits per heavy atom. The highest BCUT2D eigenvalue weighted by Gasteiger charge is 2.39. The highest BCUT2D eigenvalue weighted by molar-refractivity contribution is 5.75. The molecule has 6 heteroatoms. The third-order valence-corrected chi connectivity index (χ3v) is 5.93. The van der Waals surface area contributed by atoms with Crippen LogP contribution in [-0.2, 0) is 9.53 Å². The highest BCUT2D eigenvalue weighted by Crippen LogP contribution is 2.34. The molecule has 1 amide bonds. The number of ether oxygens (including phenoxy) is 1. The fourth-order valence-electron chi connectivity index (χ4n) is 2.68. The van der Waals surface area contributed by atoms with Gasteiger partial charge in [-0.25, -0.2) is 10.4 Å². The Kier molecular flexibility index (Phi) is 9.19. The number of carbonyl (C=O) groups is 1. The van der Waals surface area contributed by atoms with E-state index >= 15 is 0 Å². The first-order valence-electron chi connectivity index (χ1n) is 10.6. The van der Waals surface area contributed by atoms with E-state index in [1.807, 2.05) is 0 Å². The molecular formula is C21H44N4O2. The van der Waals surface area contributed by atoms with E-state index in [1.54, 1.807) is 0 Å². The van der Waals surface area contributed by atoms with Crippen molar-refractivity contribution >= 4 is 5.91 Å². The van der Waals surface area contributed by atoms with E-state index in [-0.39, 0.29) is 28.5 Å². The van der Waals surface area contributed by atoms with Crippen LogP contribution in [0.4, 0.5) is 0 Å². The number of rotatable bonds is 11. The summed E-state index contributed by atoms with van der Waals surface area (Å²) in [6.45, 7) is 19.5. The quantitative estimate of drug-likeness (QED) is 0.477. The SMILES string of the molecule is CCCCCCC(=O)NCC1CN(C(C)(C)COC(C)(C)C(C)(C)C)NN1. The predicted octanol–water partition coefficient (Wildman–Crippen LogP) is 3.39. The largest absolute Gasteiger partial charge is 0.373 e. The summed E-state index contributed by atoms with van der Waals surface area (Å²) in [4.78, 5) is 12.0. The van der Waals surface area contributed by atoms with E-state index in [4.69, 9.17) is 4.74 Å². The molecule has 0 radical (unpaired) electrons. The molecule has 1 unspecified atom stereocenters. The molecule has 1 aliphatic heterocycles. The molecule has 160 valence electrons. The number of hydrazine groups is 2. The van der Waals surface area contributed by atoms with Crippen molar-refractivity contribution in [2.75, 3.05) is 19.7 Å². The fourth-order valence-corrected chi connectivity index (χ4v) is 2.68. The van der Waals surface area contributed by atoms with Crippen molar-refractivity contribution in [3.8, 4) is 0 Å². The Bertz CT molecular complexity index is 458. The molecule has 3 N–H and O–H groups in total. The molecule has 6 nitrogen and oxygen atoms in total. The van der Waals surface area contributed by atoms with Crippen LogP contribution in [0.5, 0.6) is 0 Å². The van der Waals surface area contributed by atoms with Crippen LogP contribution in [0.25, 0.3) is 0 Å². The molecule has 0 aromatic carbocycles. The number of amides is 1. The number of nitrogens with zero attached hydrogens (tertiary/aromatic N) is 1. The van der Waals surface area contributed by atoms with Crippen molar-refractivity contribution in [2.45, 2.75) is 105 Å². The number of hydrogen-bond donors (Lipinski definition) is 3. The normalized spacial score (nSPS) is 19.5. The minimum atomic E-state index is -0.206. The van der Waals surface area contributed by atoms with Crippen LogP contribution in [0.3, 0.4) is 0 Å². The van der Waals surface area contributed by atoms with Gasteiger partial charge in [-0.2, -0.15) is 5.53 Å². The first-order valence-corrected chi connectivity index (χ1v) is 10.6. The van der Waals surface area contributed by atoms with E-state index in [9.17, 15) is 4.79 Å². The Balaban J connectivity index is 2.37. The molecule has 27 heavy (non-hydrogen) atoms. The predicted molar refractivity (Wildman–Crippen MR) is 112 cm³/mol. The molecule has 1 rings (SSSR count). The molecule has 0 aromatic rings. The monoisotopic (exact) mass is 384 g/mol. The standard InChI is InChI=1S/C21H44N4O2/c1-9-10-11-12-13-18(26)22-14-17-15-25(24-23-17)20(5,6)16-27-21(7,8)19(2,3)4/h17,23-24H,9-16H2,1-8H3,(H,22,26). The highest BCUT2D eigenvalue weighted by atomic mass is 16.5. The molecule has 0 bridgehead atoms. The minimum absolute atomic E-state index is 0.0731. The summed E-state index contributed by atoms with van der Waals surface area (Å²) in [6.07, 6.45) is 5.16. The summed E-state index contributed by atoms with van der Waals surface area (Å²) in [6, 6.07) is 0.194. The second kappa shape index (κ2) is 10.2. The molecule has 1 atom stereocenters. The van der Waals surface area contributed by atoms with Crippen LogP contribution in [0.1, 0.15) is 87.5 Å². The zero-order chi connectivity index (χ0) is 20.7. The van der Waals surface area contributed by atoms with E-state index < -0.39 is 0 Å². The van der Waals surface area contributed by atoms with Crippen LogP contribution in [0.2, 0.25) is 0 Å². The number of unbranched alkanes of at least 4 members (excludes halogenated alkanes) is 3. The van der Waals surface area contributed by atoms with Gasteiger partial charge in [0, 0.05) is 19.5 Å². The lowest BCUT2D eigenvalue weighted by Crippen LogP contribution is -2.54. The van der Waals surface area contributed by atoms with Gasteiger partial charge in [-0.15, -0.1) is 0 Å². The van der Waals surface area contributed by atoms with E-state index in [0.29, 0.717) is 19.6 Å². The zero-order valence-electron chi connectivity index (χ0n) is 19.0. The zero-order valence-corrected chi connectivity index (χ0v) is 19.0. The maximum atomic E-state index is 12.0. The number of nitrogens with one attached hydrogen (secondary N) is 3. The van der Waals surface area contributed by atoms with Crippen molar-refractivity contribution in [3.05, 3.63) is 0 Å². The third-order valence-electron chi connectivity index (χ3n) is 5.93. The second-order valence-corrected chi connectivity index (χ2v) is 10.0. The van der Waals surface area contributed by atoms with Gasteiger partial charge in [-0.1, -0.05) is 47.0 Å². The van der Waals surface area contributed by atoms with E-state index in [1.165, 1.54) is 12.8 Å². The summed E-state index contributed by atoms with van der Waals surface area (Å²) in [5.41, 5.74) is 6.24. The first-order chi connectivity index (χ1) is 12.4. The average Bonchev–Trinajstić information content (AvgIpc) is 3.04. The van der Waals surface area contributed by atoms with Gasteiger partial charge in [-0.05, 0) is 39.5 Å². The fraction of sp³-hybridized carbons (Fsp3) is 0.952. The lowest BCUT2D eigenvalue weighted by molar-refractivity contribution is -0.126. The van der Waals surface area contributed by atoms with Gasteiger partial charge >= 0.3 is 0 Å². The van der Waals surface area contributed by atoms with Gasteiger partial charge < -0.3 is 10.1 Å². The van der Waals surface area contributed by atoms with Gasteiger partial charge in [0.2, 0.25) is 5.91 Å². The summed E-state index contributed by atoms with van der Waals surface area (Å²) >= 11 is 0. The average molecular weight is 385 g/mol. The third kappa shape index (κ3) is 8.06. The van der Waals surface area contributed by atoms with E-state index in [2.05, 4.69) is 76.7 Å². The minimum Gasteiger partial charge on any atom is -0.373 e. The molecule has 1 saturated heterocycles. The van der Waals surface area contributed by atoms with Gasteiger partial charge in [0.25, 0.3) is 0 Å². The second-order valence-electron chi connectivity index (χ2n) is 10.0. The van der Waals surface area contributed by atoms with Gasteiger partial charge in [-0.3, -0.25) is 4.79 Å². The smallest absolute Gasteiger partial charge is 0.220 e. The Hall–Kier alpha value is -0.690. The Morgan fingerprint density at radius 1 is 1.11 bits per heavy atom. The van der Waals surface area contributed by atoms with Gasteiger partial charge in [0.15, 0.2) is 0 Å². The molecule has 0 spiro atoms. The molecular weight excluding hydrogens is 340 g/mol. The topological polar surface area (TPSA) is 65.6 Å². The summed E-state index contributed by atoms with van der Waals surface area (Å²) in [5.74, 6) is 0.154. The molecule has 1 fully saturated rings. The van der Waals surface area contributed by atoms with Crippen LogP contribution < -0.4 is 16.3 Å². The lowest BCUT2D eigenvalue weighted by Gasteiger charge is -2.43. The van der Waals surface area contributed by atoms with Crippen LogP contribution in [0, 0.1) is 5.41 Å². The summed E-state index contributed by atoms with van der Waals surface area (Å²) in [5, 5.41) is 5.22. The van der Waals surface area contributed by atoms with E-state index in [0.717, 1.165) is 19.4 Å². The molecule has 0 aliphatic carbocycles. The summed E-state index contributed by atoms with van der Waals surface area (Å²) < 4.78 is 6.29. The van der Waals surface area contributed by atoms with Crippen LogP contribution in [-0.4, -0.2) is 47.8 Å². The number of carbonyl (C=O) groups excluding carboxylic acids is 1. The maximum absolute atomic E-state index is 12.0. The molecule has 0 aromatic heterocycles. The Labute approximate surface area is 167 Å². The van der Waals surface area contributed by atoms with Crippen molar-refractivity contribution in [2.24, 2.45) is 5.41 Å². The lowest BCUT2D eigenvalue weighted by atomic mass is 9.79. The van der Waals surface area contributed by atoms with Crippen molar-refractivity contribution < 1.29 is 9.53 Å². The summed E-state index contributed by atoms with van der Waals surface area (Å²) in [7, 11) is 0. The molecule has 1 heterocycles. The maximum Gasteiger partial charge on any atom is 0.220 e. The molecule has 1 aliphatic rings. The van der Waals surface area contributed by atoms with Crippen molar-refractivity contribution in [3.63, 3.8) is 0 Å². The van der Waals surface area contributed by atoms with Gasteiger partial charge in [0.1, 0.15) is 0 Å². The number of hydrogen-bond acceptors (Lipinski definition) is 5. The van der Waals surface area contributed by atoms with Crippen LogP contribution >= 0.6 is 0 Å². The van der Waals surface area contributed by atoms with Crippen molar-refractivity contribution in [1.82, 2.24) is 21.3 Å². The van der Waals surface area contributed by atoms with Gasteiger partial charge in [0.05, 0.1) is 23.8 Å². The molecule has 0 saturated carbocycles. The first kappa shape index (κ1) is 24.3.